The van der Waals surface area contributed by atoms with E-state index in [0.29, 0.717) is 24.0 Å². The molecule has 1 aromatic heterocycles. The second kappa shape index (κ2) is 5.25. The molecule has 0 saturated carbocycles. The van der Waals surface area contributed by atoms with Gasteiger partial charge in [0.25, 0.3) is 0 Å². The summed E-state index contributed by atoms with van der Waals surface area (Å²) in [6.07, 6.45) is 0.954. The Bertz CT molecular complexity index is 687. The molecular formula is C14H12F2N2O3. The molecule has 1 saturated heterocycles. The molecule has 2 heterocycles. The van der Waals surface area contributed by atoms with Crippen molar-refractivity contribution in [3.05, 3.63) is 36.0 Å². The molecule has 0 unspecified atom stereocenters. The zero-order chi connectivity index (χ0) is 15.0. The predicted octanol–water partition coefficient (Wildman–Crippen LogP) is 2.36. The highest BCUT2D eigenvalue weighted by molar-refractivity contribution is 6.03. The summed E-state index contributed by atoms with van der Waals surface area (Å²) in [6.45, 7) is -2.05. The van der Waals surface area contributed by atoms with Gasteiger partial charge in [-0.05, 0) is 24.3 Å². The van der Waals surface area contributed by atoms with Gasteiger partial charge in [0.1, 0.15) is 0 Å². The third-order valence-corrected chi connectivity index (χ3v) is 3.46. The minimum Gasteiger partial charge on any atom is -0.478 e. The number of halogens is 2. The number of hydrogen-bond donors (Lipinski definition) is 1. The number of ether oxygens (including phenoxy) is 1. The van der Waals surface area contributed by atoms with Gasteiger partial charge in [-0.25, -0.2) is 4.79 Å². The van der Waals surface area contributed by atoms with Crippen LogP contribution in [0.5, 0.6) is 0 Å². The Morgan fingerprint density at radius 2 is 2.14 bits per heavy atom. The monoisotopic (exact) mass is 294 g/mol. The first kappa shape index (κ1) is 13.7. The van der Waals surface area contributed by atoms with Crippen LogP contribution in [0.2, 0.25) is 0 Å². The third-order valence-electron chi connectivity index (χ3n) is 3.46. The normalized spacial score (nSPS) is 15.5. The Kier molecular flexibility index (Phi) is 3.42. The maximum Gasteiger partial charge on any atom is 0.345 e. The van der Waals surface area contributed by atoms with Crippen molar-refractivity contribution in [3.8, 4) is 0 Å². The lowest BCUT2D eigenvalue weighted by atomic mass is 10.1. The lowest BCUT2D eigenvalue weighted by Crippen LogP contribution is -2.52. The molecule has 2 aromatic rings. The molecule has 3 rings (SSSR count). The average Bonchev–Trinajstić information content (AvgIpc) is 2.40. The molecule has 0 amide bonds. The summed E-state index contributed by atoms with van der Waals surface area (Å²) in [7, 11) is 0. The number of carboxylic acids is 1. The quantitative estimate of drug-likeness (QED) is 0.938. The summed E-state index contributed by atoms with van der Waals surface area (Å²) in [5.74, 6) is -1.03. The topological polar surface area (TPSA) is 62.7 Å². The molecule has 0 bridgehead atoms. The zero-order valence-corrected chi connectivity index (χ0v) is 10.9. The summed E-state index contributed by atoms with van der Waals surface area (Å²) >= 11 is 0. The highest BCUT2D eigenvalue weighted by Gasteiger charge is 2.30. The van der Waals surface area contributed by atoms with Crippen molar-refractivity contribution in [3.63, 3.8) is 0 Å². The largest absolute Gasteiger partial charge is 0.478 e. The highest BCUT2D eigenvalue weighted by atomic mass is 19.3. The summed E-state index contributed by atoms with van der Waals surface area (Å²) in [6, 6.07) is 6.66. The molecular weight excluding hydrogens is 282 g/mol. The lowest BCUT2D eigenvalue weighted by Gasteiger charge is -2.40. The third kappa shape index (κ3) is 2.64. The zero-order valence-electron chi connectivity index (χ0n) is 10.9. The Morgan fingerprint density at radius 1 is 1.38 bits per heavy atom. The number of pyridine rings is 1. The van der Waals surface area contributed by atoms with Crippen LogP contribution < -0.4 is 4.90 Å². The van der Waals surface area contributed by atoms with Crippen LogP contribution in [0.1, 0.15) is 10.4 Å². The van der Waals surface area contributed by atoms with Crippen LogP contribution in [0.4, 0.5) is 14.5 Å². The van der Waals surface area contributed by atoms with Crippen LogP contribution in [0.3, 0.4) is 0 Å². The van der Waals surface area contributed by atoms with E-state index in [0.717, 1.165) is 5.69 Å². The maximum absolute atomic E-state index is 12.1. The number of hydrogen-bond acceptors (Lipinski definition) is 4. The summed E-state index contributed by atoms with van der Waals surface area (Å²) in [5, 5.41) is 9.71. The summed E-state index contributed by atoms with van der Waals surface area (Å²) < 4.78 is 28.5. The van der Waals surface area contributed by atoms with Crippen LogP contribution in [-0.4, -0.2) is 41.9 Å². The van der Waals surface area contributed by atoms with Gasteiger partial charge >= 0.3 is 12.6 Å². The molecule has 1 aromatic carbocycles. The predicted molar refractivity (Wildman–Crippen MR) is 71.8 cm³/mol. The van der Waals surface area contributed by atoms with Gasteiger partial charge in [-0.15, -0.1) is 0 Å². The van der Waals surface area contributed by atoms with Crippen molar-refractivity contribution < 1.29 is 23.4 Å². The fourth-order valence-corrected chi connectivity index (χ4v) is 2.40. The van der Waals surface area contributed by atoms with Crippen molar-refractivity contribution >= 4 is 22.6 Å². The van der Waals surface area contributed by atoms with E-state index in [1.807, 2.05) is 4.90 Å². The molecule has 0 atom stereocenters. The standard InChI is InChI=1S/C14H12F2N2O3/c15-14(16)21-9-6-18(7-9)8-1-2-12-11(5-8)10(13(19)20)3-4-17-12/h1-5,9,14H,6-7H2,(H,19,20). The Morgan fingerprint density at radius 3 is 2.81 bits per heavy atom. The number of anilines is 1. The van der Waals surface area contributed by atoms with Crippen LogP contribution >= 0.6 is 0 Å². The number of aromatic carboxylic acids is 1. The molecule has 0 radical (unpaired) electrons. The van der Waals surface area contributed by atoms with Gasteiger partial charge in [-0.2, -0.15) is 8.78 Å². The van der Waals surface area contributed by atoms with Gasteiger partial charge in [0, 0.05) is 30.4 Å². The van der Waals surface area contributed by atoms with E-state index in [4.69, 9.17) is 0 Å². The van der Waals surface area contributed by atoms with E-state index in [1.165, 1.54) is 12.3 Å². The SMILES string of the molecule is O=C(O)c1ccnc2ccc(N3CC(OC(F)F)C3)cc12. The van der Waals surface area contributed by atoms with Crippen molar-refractivity contribution in [2.24, 2.45) is 0 Å². The fraction of sp³-hybridized carbons (Fsp3) is 0.286. The number of aromatic nitrogens is 1. The van der Waals surface area contributed by atoms with Crippen molar-refractivity contribution in [1.29, 1.82) is 0 Å². The van der Waals surface area contributed by atoms with Gasteiger partial charge < -0.3 is 14.7 Å². The molecule has 110 valence electrons. The molecule has 7 heteroatoms. The molecule has 1 N–H and O–H groups in total. The van der Waals surface area contributed by atoms with Gasteiger partial charge in [0.15, 0.2) is 0 Å². The number of nitrogens with zero attached hydrogens (tertiary/aromatic N) is 2. The van der Waals surface area contributed by atoms with E-state index in [9.17, 15) is 18.7 Å². The number of carboxylic acid groups (broad SMARTS) is 1. The molecule has 0 spiro atoms. The average molecular weight is 294 g/mol. The van der Waals surface area contributed by atoms with E-state index in [-0.39, 0.29) is 5.56 Å². The van der Waals surface area contributed by atoms with Crippen LogP contribution in [0, 0.1) is 0 Å². The van der Waals surface area contributed by atoms with Gasteiger partial charge in [0.2, 0.25) is 0 Å². The Labute approximate surface area is 118 Å². The highest BCUT2D eigenvalue weighted by Crippen LogP contribution is 2.28. The first-order valence-electron chi connectivity index (χ1n) is 6.35. The number of alkyl halides is 2. The Balaban J connectivity index is 1.85. The number of rotatable bonds is 4. The van der Waals surface area contributed by atoms with Crippen LogP contribution in [0.15, 0.2) is 30.5 Å². The number of fused-ring (bicyclic) bond motifs is 1. The van der Waals surface area contributed by atoms with Gasteiger partial charge in [-0.3, -0.25) is 4.98 Å². The summed E-state index contributed by atoms with van der Waals surface area (Å²) in [4.78, 5) is 17.2. The summed E-state index contributed by atoms with van der Waals surface area (Å²) in [5.41, 5.74) is 1.52. The molecule has 1 aliphatic heterocycles. The minimum absolute atomic E-state index is 0.169. The molecule has 1 aliphatic rings. The van der Waals surface area contributed by atoms with Crippen molar-refractivity contribution in [2.45, 2.75) is 12.7 Å². The maximum atomic E-state index is 12.1. The van der Waals surface area contributed by atoms with E-state index >= 15 is 0 Å². The van der Waals surface area contributed by atoms with Gasteiger partial charge in [-0.1, -0.05) is 0 Å². The van der Waals surface area contributed by atoms with Gasteiger partial charge in [0.05, 0.1) is 17.2 Å². The first-order valence-corrected chi connectivity index (χ1v) is 6.35. The minimum atomic E-state index is -2.77. The molecule has 1 fully saturated rings. The van der Waals surface area contributed by atoms with E-state index in [2.05, 4.69) is 9.72 Å². The second-order valence-electron chi connectivity index (χ2n) is 4.79. The smallest absolute Gasteiger partial charge is 0.345 e. The van der Waals surface area contributed by atoms with E-state index < -0.39 is 18.7 Å². The number of carbonyl (C=O) groups is 1. The van der Waals surface area contributed by atoms with E-state index in [1.54, 1.807) is 18.2 Å². The molecule has 0 aliphatic carbocycles. The van der Waals surface area contributed by atoms with Crippen LogP contribution in [0.25, 0.3) is 10.9 Å². The Hall–Kier alpha value is -2.28. The van der Waals surface area contributed by atoms with Crippen LogP contribution in [-0.2, 0) is 4.74 Å². The molecule has 5 nitrogen and oxygen atoms in total. The van der Waals surface area contributed by atoms with Crippen molar-refractivity contribution in [2.75, 3.05) is 18.0 Å². The second-order valence-corrected chi connectivity index (χ2v) is 4.79. The first-order chi connectivity index (χ1) is 10.0. The molecule has 21 heavy (non-hydrogen) atoms. The van der Waals surface area contributed by atoms with Crippen molar-refractivity contribution in [1.82, 2.24) is 4.98 Å². The fourth-order valence-electron chi connectivity index (χ4n) is 2.40. The number of benzene rings is 1. The lowest BCUT2D eigenvalue weighted by molar-refractivity contribution is -0.167.